The Hall–Kier alpha value is -6.04. The van der Waals surface area contributed by atoms with E-state index in [1.807, 2.05) is 72.8 Å². The first kappa shape index (κ1) is 46.0. The highest BCUT2D eigenvalue weighted by Crippen LogP contribution is 2.45. The third-order valence-corrected chi connectivity index (χ3v) is 10.2. The molecule has 0 N–H and O–H groups in total. The minimum absolute atomic E-state index is 0.204. The van der Waals surface area contributed by atoms with E-state index in [0.29, 0.717) is 48.7 Å². The van der Waals surface area contributed by atoms with Crippen molar-refractivity contribution in [1.29, 1.82) is 0 Å². The number of hydrogen-bond donors (Lipinski definition) is 0. The zero-order valence-electron chi connectivity index (χ0n) is 36.0. The maximum absolute atomic E-state index is 12.9. The van der Waals surface area contributed by atoms with E-state index >= 15 is 0 Å². The third kappa shape index (κ3) is 12.7. The summed E-state index contributed by atoms with van der Waals surface area (Å²) in [5.41, 5.74) is 6.25. The minimum Gasteiger partial charge on any atom is -0.481 e. The molecule has 12 nitrogen and oxygen atoms in total. The molecule has 8 bridgehead atoms. The van der Waals surface area contributed by atoms with E-state index in [1.165, 1.54) is 0 Å². The number of carbonyl (C=O) groups is 4. The number of unbranched alkanes of at least 4 members (excludes halogenated alkanes) is 2. The molecule has 12 heteroatoms. The second kappa shape index (κ2) is 23.7. The summed E-state index contributed by atoms with van der Waals surface area (Å²) in [6, 6.07) is 23.5. The first-order valence-corrected chi connectivity index (χ1v) is 21.3. The van der Waals surface area contributed by atoms with Crippen molar-refractivity contribution in [1.82, 2.24) is 0 Å². The van der Waals surface area contributed by atoms with Crippen LogP contribution in [0, 0.1) is 0 Å². The van der Waals surface area contributed by atoms with Gasteiger partial charge < -0.3 is 37.9 Å². The van der Waals surface area contributed by atoms with Crippen LogP contribution in [0.15, 0.2) is 72.8 Å². The van der Waals surface area contributed by atoms with E-state index in [0.717, 1.165) is 63.8 Å². The molecule has 0 spiro atoms. The Labute approximate surface area is 358 Å². The van der Waals surface area contributed by atoms with E-state index in [1.54, 1.807) is 27.7 Å². The van der Waals surface area contributed by atoms with Crippen molar-refractivity contribution in [2.45, 2.75) is 85.5 Å². The smallest absolute Gasteiger partial charge is 0.344 e. The van der Waals surface area contributed by atoms with Crippen LogP contribution in [-0.2, 0) is 57.4 Å². The summed E-state index contributed by atoms with van der Waals surface area (Å²) in [5.74, 6) is -0.319. The van der Waals surface area contributed by atoms with Gasteiger partial charge in [0.15, 0.2) is 26.4 Å². The van der Waals surface area contributed by atoms with Gasteiger partial charge in [0.05, 0.1) is 26.4 Å². The summed E-state index contributed by atoms with van der Waals surface area (Å²) in [4.78, 5) is 51.2. The lowest BCUT2D eigenvalue weighted by molar-refractivity contribution is -0.146. The predicted molar refractivity (Wildman–Crippen MR) is 229 cm³/mol. The highest BCUT2D eigenvalue weighted by atomic mass is 16.6. The highest BCUT2D eigenvalue weighted by Gasteiger charge is 2.28. The number of hydrogen-bond acceptors (Lipinski definition) is 12. The van der Waals surface area contributed by atoms with Gasteiger partial charge in [0.2, 0.25) is 0 Å². The van der Waals surface area contributed by atoms with E-state index in [-0.39, 0.29) is 58.8 Å². The Bertz CT molecular complexity index is 1960. The van der Waals surface area contributed by atoms with Gasteiger partial charge in [0.1, 0.15) is 23.0 Å². The molecule has 0 amide bonds. The molecule has 326 valence electrons. The average molecular weight is 839 g/mol. The van der Waals surface area contributed by atoms with Crippen LogP contribution in [0.1, 0.15) is 111 Å². The molecule has 5 rings (SSSR count). The molecule has 4 aromatic rings. The van der Waals surface area contributed by atoms with Crippen LogP contribution in [0.3, 0.4) is 0 Å². The van der Waals surface area contributed by atoms with Gasteiger partial charge in [-0.05, 0) is 67.5 Å². The Kier molecular flexibility index (Phi) is 17.9. The summed E-state index contributed by atoms with van der Waals surface area (Å²) in [7, 11) is 0. The second-order valence-electron chi connectivity index (χ2n) is 14.4. The predicted octanol–water partition coefficient (Wildman–Crippen LogP) is 8.25. The van der Waals surface area contributed by atoms with Crippen LogP contribution < -0.4 is 18.9 Å². The molecule has 0 unspecified atom stereocenters. The summed E-state index contributed by atoms with van der Waals surface area (Å²) in [6.07, 6.45) is 4.42. The number of fused-ring (bicyclic) bond motifs is 8. The summed E-state index contributed by atoms with van der Waals surface area (Å²) >= 11 is 0. The zero-order chi connectivity index (χ0) is 43.6. The lowest BCUT2D eigenvalue weighted by atomic mass is 9.82. The lowest BCUT2D eigenvalue weighted by Gasteiger charge is -2.27. The maximum Gasteiger partial charge on any atom is 0.344 e. The molecule has 61 heavy (non-hydrogen) atoms. The molecule has 0 aliphatic heterocycles. The number of esters is 4. The number of para-hydroxylation sites is 4. The first-order chi connectivity index (χ1) is 29.7. The number of rotatable bonds is 20. The molecule has 0 radical (unpaired) electrons. The van der Waals surface area contributed by atoms with Gasteiger partial charge in [-0.25, -0.2) is 19.2 Å². The van der Waals surface area contributed by atoms with E-state index in [9.17, 15) is 19.2 Å². The normalized spacial score (nSPS) is 12.1. The molecule has 0 aromatic heterocycles. The third-order valence-electron chi connectivity index (χ3n) is 10.2. The van der Waals surface area contributed by atoms with Crippen molar-refractivity contribution in [3.05, 3.63) is 117 Å². The molecule has 0 atom stereocenters. The molecule has 0 fully saturated rings. The minimum atomic E-state index is -0.511. The topological polar surface area (TPSA) is 142 Å². The van der Waals surface area contributed by atoms with Gasteiger partial charge in [0.25, 0.3) is 0 Å². The van der Waals surface area contributed by atoms with E-state index in [4.69, 9.17) is 37.9 Å². The lowest BCUT2D eigenvalue weighted by Crippen LogP contribution is -2.19. The van der Waals surface area contributed by atoms with Crippen LogP contribution in [0.4, 0.5) is 0 Å². The van der Waals surface area contributed by atoms with Crippen LogP contribution in [0.5, 0.6) is 23.0 Å². The molecule has 0 heterocycles. The van der Waals surface area contributed by atoms with Gasteiger partial charge >= 0.3 is 23.9 Å². The van der Waals surface area contributed by atoms with Crippen LogP contribution in [0.25, 0.3) is 0 Å². The van der Waals surface area contributed by atoms with Crippen LogP contribution in [-0.4, -0.2) is 76.7 Å². The molecular formula is C49H58O12. The van der Waals surface area contributed by atoms with Crippen molar-refractivity contribution in [3.63, 3.8) is 0 Å². The average Bonchev–Trinajstić information content (AvgIpc) is 3.24. The van der Waals surface area contributed by atoms with Gasteiger partial charge in [-0.2, -0.15) is 0 Å². The fourth-order valence-electron chi connectivity index (χ4n) is 7.62. The fraction of sp³-hybridized carbons (Fsp3) is 0.429. The van der Waals surface area contributed by atoms with Gasteiger partial charge in [-0.15, -0.1) is 0 Å². The van der Waals surface area contributed by atoms with E-state index in [2.05, 4.69) is 6.92 Å². The van der Waals surface area contributed by atoms with Crippen molar-refractivity contribution in [2.75, 3.05) is 52.9 Å². The zero-order valence-corrected chi connectivity index (χ0v) is 36.0. The Morgan fingerprint density at radius 1 is 0.426 bits per heavy atom. The van der Waals surface area contributed by atoms with Gasteiger partial charge in [-0.1, -0.05) is 99.0 Å². The summed E-state index contributed by atoms with van der Waals surface area (Å²) in [5, 5.41) is 0. The molecule has 0 saturated heterocycles. The van der Waals surface area contributed by atoms with Gasteiger partial charge in [0, 0.05) is 36.3 Å². The number of ether oxygens (including phenoxy) is 8. The van der Waals surface area contributed by atoms with Crippen molar-refractivity contribution < 1.29 is 57.1 Å². The number of benzene rings is 4. The van der Waals surface area contributed by atoms with Crippen LogP contribution in [0.2, 0.25) is 0 Å². The quantitative estimate of drug-likeness (QED) is 0.0481. The van der Waals surface area contributed by atoms with Crippen molar-refractivity contribution in [3.8, 4) is 23.0 Å². The maximum atomic E-state index is 12.9. The molecule has 4 aromatic carbocycles. The second-order valence-corrected chi connectivity index (χ2v) is 14.4. The van der Waals surface area contributed by atoms with Crippen LogP contribution >= 0.6 is 0 Å². The Morgan fingerprint density at radius 2 is 0.721 bits per heavy atom. The largest absolute Gasteiger partial charge is 0.481 e. The van der Waals surface area contributed by atoms with E-state index < -0.39 is 23.9 Å². The van der Waals surface area contributed by atoms with Gasteiger partial charge in [-0.3, -0.25) is 0 Å². The standard InChI is InChI=1S/C49H58O12/c1-6-11-12-23-39-40-24-15-21-37(48(40)60-31-44(52)56-9-4)27-35-19-13-17-33(46(35)58-29-42(50)54-7-2)26-34-18-14-20-36(47(34)59-30-43(51)55-8-3)28-38-22-16-25-41(39)49(38)61-32-45(53)57-10-5/h13-22,24-25,39H,6-12,23,26-32H2,1-5H3. The Balaban J connectivity index is 1.81. The molecule has 1 aliphatic carbocycles. The summed E-state index contributed by atoms with van der Waals surface area (Å²) in [6.45, 7) is 8.66. The van der Waals surface area contributed by atoms with Crippen molar-refractivity contribution >= 4 is 23.9 Å². The molecule has 1 aliphatic rings. The highest BCUT2D eigenvalue weighted by molar-refractivity contribution is 5.73. The van der Waals surface area contributed by atoms with Crippen molar-refractivity contribution in [2.24, 2.45) is 0 Å². The molecular weight excluding hydrogens is 781 g/mol. The molecule has 0 saturated carbocycles. The number of carbonyl (C=O) groups excluding carboxylic acids is 4. The Morgan fingerprint density at radius 3 is 1.03 bits per heavy atom. The SMILES string of the molecule is CCCCCC1c2cccc(c2OCC(=O)OCC)Cc2cccc(c2OCC(=O)OCC)Cc2cccc(c2OCC(=O)OCC)Cc2cccc1c2OCC(=O)OCC. The monoisotopic (exact) mass is 838 g/mol. The fourth-order valence-corrected chi connectivity index (χ4v) is 7.62. The summed E-state index contributed by atoms with van der Waals surface area (Å²) < 4.78 is 46.8. The first-order valence-electron chi connectivity index (χ1n) is 21.3.